The third kappa shape index (κ3) is 6.61. The molecule has 0 saturated carbocycles. The second-order valence-corrected chi connectivity index (χ2v) is 5.11. The van der Waals surface area contributed by atoms with Gasteiger partial charge in [0.2, 0.25) is 0 Å². The van der Waals surface area contributed by atoms with Gasteiger partial charge in [-0.05, 0) is 31.5 Å². The molecule has 0 aliphatic heterocycles. The minimum absolute atomic E-state index is 0.0121. The molecule has 3 nitrogen and oxygen atoms in total. The molecule has 0 atom stereocenters. The van der Waals surface area contributed by atoms with Crippen molar-refractivity contribution in [3.63, 3.8) is 0 Å². The minimum Gasteiger partial charge on any atom is -0.462 e. The Kier molecular flexibility index (Phi) is 8.48. The molecular weight excluding hydrogens is 269 g/mol. The van der Waals surface area contributed by atoms with Crippen LogP contribution in [0.15, 0.2) is 18.2 Å². The van der Waals surface area contributed by atoms with E-state index in [1.807, 2.05) is 0 Å². The van der Waals surface area contributed by atoms with Gasteiger partial charge < -0.3 is 10.1 Å². The summed E-state index contributed by atoms with van der Waals surface area (Å²) in [7, 11) is 0. The molecule has 118 valence electrons. The number of carbonyl (C=O) groups excluding carboxylic acids is 1. The van der Waals surface area contributed by atoms with Gasteiger partial charge in [0.05, 0.1) is 12.2 Å². The Labute approximate surface area is 126 Å². The number of anilines is 1. The summed E-state index contributed by atoms with van der Waals surface area (Å²) in [4.78, 5) is 11.5. The fraction of sp³-hybridized carbons (Fsp3) is 0.588. The molecule has 0 radical (unpaired) electrons. The molecule has 4 heteroatoms. The molecule has 0 fully saturated rings. The highest BCUT2D eigenvalue weighted by Gasteiger charge is 2.12. The minimum atomic E-state index is -0.613. The van der Waals surface area contributed by atoms with Gasteiger partial charge in [-0.2, -0.15) is 0 Å². The van der Waals surface area contributed by atoms with E-state index >= 15 is 0 Å². The Hall–Kier alpha value is -1.58. The van der Waals surface area contributed by atoms with Crippen molar-refractivity contribution in [2.45, 2.75) is 52.4 Å². The Morgan fingerprint density at radius 2 is 1.86 bits per heavy atom. The maximum atomic E-state index is 13.8. The Balaban J connectivity index is 2.33. The number of esters is 1. The average molecular weight is 295 g/mol. The zero-order valence-corrected chi connectivity index (χ0v) is 13.1. The monoisotopic (exact) mass is 295 g/mol. The second kappa shape index (κ2) is 10.2. The molecule has 1 rings (SSSR count). The van der Waals surface area contributed by atoms with E-state index in [1.54, 1.807) is 13.0 Å². The maximum Gasteiger partial charge on any atom is 0.341 e. The van der Waals surface area contributed by atoms with Crippen LogP contribution in [-0.2, 0) is 4.74 Å². The van der Waals surface area contributed by atoms with Gasteiger partial charge in [-0.1, -0.05) is 39.0 Å². The number of carbonyl (C=O) groups is 1. The molecule has 0 spiro atoms. The van der Waals surface area contributed by atoms with E-state index in [1.165, 1.54) is 44.2 Å². The van der Waals surface area contributed by atoms with Crippen LogP contribution in [0.25, 0.3) is 0 Å². The fourth-order valence-electron chi connectivity index (χ4n) is 2.14. The predicted molar refractivity (Wildman–Crippen MR) is 84.2 cm³/mol. The van der Waals surface area contributed by atoms with E-state index in [-0.39, 0.29) is 12.2 Å². The third-order valence-corrected chi connectivity index (χ3v) is 3.32. The summed E-state index contributed by atoms with van der Waals surface area (Å²) in [5.41, 5.74) is 0.691. The van der Waals surface area contributed by atoms with Crippen LogP contribution in [0.2, 0.25) is 0 Å². The van der Waals surface area contributed by atoms with Crippen LogP contribution >= 0.6 is 0 Å². The van der Waals surface area contributed by atoms with Crippen molar-refractivity contribution in [2.75, 3.05) is 18.5 Å². The van der Waals surface area contributed by atoms with Crippen molar-refractivity contribution in [2.24, 2.45) is 0 Å². The summed E-state index contributed by atoms with van der Waals surface area (Å²) in [6.07, 6.45) is 7.37. The molecule has 0 saturated heterocycles. The maximum absolute atomic E-state index is 13.8. The first-order valence-electron chi connectivity index (χ1n) is 7.89. The predicted octanol–water partition coefficient (Wildman–Crippen LogP) is 4.77. The summed E-state index contributed by atoms with van der Waals surface area (Å²) in [6.45, 7) is 4.98. The highest BCUT2D eigenvalue weighted by molar-refractivity contribution is 5.90. The third-order valence-electron chi connectivity index (χ3n) is 3.32. The topological polar surface area (TPSA) is 38.3 Å². The van der Waals surface area contributed by atoms with Crippen molar-refractivity contribution >= 4 is 11.7 Å². The molecular formula is C17H26FNO2. The number of ether oxygens (including phenoxy) is 1. The highest BCUT2D eigenvalue weighted by atomic mass is 19.1. The highest BCUT2D eigenvalue weighted by Crippen LogP contribution is 2.16. The Morgan fingerprint density at radius 3 is 2.52 bits per heavy atom. The summed E-state index contributed by atoms with van der Waals surface area (Å²) < 4.78 is 18.6. The molecule has 0 heterocycles. The zero-order chi connectivity index (χ0) is 15.5. The first-order chi connectivity index (χ1) is 10.2. The molecule has 0 aliphatic rings. The summed E-state index contributed by atoms with van der Waals surface area (Å²) in [5.74, 6) is -1.15. The van der Waals surface area contributed by atoms with E-state index < -0.39 is 11.8 Å². The quantitative estimate of drug-likeness (QED) is 0.499. The second-order valence-electron chi connectivity index (χ2n) is 5.11. The van der Waals surface area contributed by atoms with Crippen molar-refractivity contribution < 1.29 is 13.9 Å². The van der Waals surface area contributed by atoms with E-state index in [2.05, 4.69) is 12.2 Å². The lowest BCUT2D eigenvalue weighted by molar-refractivity contribution is 0.0521. The normalized spacial score (nSPS) is 10.4. The number of hydrogen-bond acceptors (Lipinski definition) is 3. The zero-order valence-electron chi connectivity index (χ0n) is 13.1. The van der Waals surface area contributed by atoms with Crippen LogP contribution in [0.3, 0.4) is 0 Å². The van der Waals surface area contributed by atoms with Crippen molar-refractivity contribution in [3.05, 3.63) is 29.6 Å². The lowest BCUT2D eigenvalue weighted by Gasteiger charge is -2.08. The van der Waals surface area contributed by atoms with E-state index in [0.717, 1.165) is 13.0 Å². The molecule has 1 aromatic carbocycles. The Bertz CT molecular complexity index is 435. The van der Waals surface area contributed by atoms with Crippen LogP contribution in [0.4, 0.5) is 10.1 Å². The number of hydrogen-bond donors (Lipinski definition) is 1. The Morgan fingerprint density at radius 1 is 1.14 bits per heavy atom. The number of rotatable bonds is 10. The lowest BCUT2D eigenvalue weighted by atomic mass is 10.1. The van der Waals surface area contributed by atoms with Crippen LogP contribution in [0.5, 0.6) is 0 Å². The van der Waals surface area contributed by atoms with Gasteiger partial charge in [0.25, 0.3) is 0 Å². The molecule has 0 aromatic heterocycles. The van der Waals surface area contributed by atoms with Gasteiger partial charge in [0, 0.05) is 12.2 Å². The molecule has 0 amide bonds. The van der Waals surface area contributed by atoms with Crippen molar-refractivity contribution in [3.8, 4) is 0 Å². The standard InChI is InChI=1S/C17H26FNO2/c1-3-5-6-7-8-9-12-19-14-10-11-15(16(18)13-14)17(20)21-4-2/h10-11,13,19H,3-9,12H2,1-2H3. The van der Waals surface area contributed by atoms with Crippen LogP contribution in [0, 0.1) is 5.82 Å². The molecule has 1 N–H and O–H groups in total. The SMILES string of the molecule is CCCCCCCCNc1ccc(C(=O)OCC)c(F)c1. The van der Waals surface area contributed by atoms with E-state index in [4.69, 9.17) is 4.74 Å². The van der Waals surface area contributed by atoms with E-state index in [0.29, 0.717) is 5.69 Å². The smallest absolute Gasteiger partial charge is 0.341 e. The molecule has 0 bridgehead atoms. The molecule has 21 heavy (non-hydrogen) atoms. The van der Waals surface area contributed by atoms with Crippen LogP contribution in [-0.4, -0.2) is 19.1 Å². The van der Waals surface area contributed by atoms with Gasteiger partial charge in [0.1, 0.15) is 5.82 Å². The number of unbranched alkanes of at least 4 members (excludes halogenated alkanes) is 5. The summed E-state index contributed by atoms with van der Waals surface area (Å²) in [6, 6.07) is 4.53. The van der Waals surface area contributed by atoms with Crippen LogP contribution < -0.4 is 5.32 Å². The molecule has 1 aromatic rings. The number of nitrogens with one attached hydrogen (secondary N) is 1. The van der Waals surface area contributed by atoms with Gasteiger partial charge in [-0.25, -0.2) is 9.18 Å². The summed E-state index contributed by atoms with van der Waals surface area (Å²) >= 11 is 0. The molecule has 0 aliphatic carbocycles. The van der Waals surface area contributed by atoms with Crippen LogP contribution in [0.1, 0.15) is 62.7 Å². The van der Waals surface area contributed by atoms with Crippen molar-refractivity contribution in [1.29, 1.82) is 0 Å². The number of benzene rings is 1. The first kappa shape index (κ1) is 17.5. The first-order valence-corrected chi connectivity index (χ1v) is 7.89. The van der Waals surface area contributed by atoms with E-state index in [9.17, 15) is 9.18 Å². The lowest BCUT2D eigenvalue weighted by Crippen LogP contribution is -2.08. The fourth-order valence-corrected chi connectivity index (χ4v) is 2.14. The van der Waals surface area contributed by atoms with Gasteiger partial charge in [0.15, 0.2) is 0 Å². The average Bonchev–Trinajstić information content (AvgIpc) is 2.46. The number of halogens is 1. The molecule has 0 unspecified atom stereocenters. The van der Waals surface area contributed by atoms with Gasteiger partial charge >= 0.3 is 5.97 Å². The summed E-state index contributed by atoms with van der Waals surface area (Å²) in [5, 5.41) is 3.18. The largest absolute Gasteiger partial charge is 0.462 e. The van der Waals surface area contributed by atoms with Gasteiger partial charge in [-0.3, -0.25) is 0 Å². The van der Waals surface area contributed by atoms with Crippen molar-refractivity contribution in [1.82, 2.24) is 0 Å². The van der Waals surface area contributed by atoms with Gasteiger partial charge in [-0.15, -0.1) is 0 Å².